The summed E-state index contributed by atoms with van der Waals surface area (Å²) in [6.07, 6.45) is 4.59. The van der Waals surface area contributed by atoms with Crippen molar-refractivity contribution < 1.29 is 4.74 Å². The van der Waals surface area contributed by atoms with Crippen molar-refractivity contribution in [2.45, 2.75) is 44.2 Å². The van der Waals surface area contributed by atoms with Gasteiger partial charge in [-0.05, 0) is 50.3 Å². The van der Waals surface area contributed by atoms with Gasteiger partial charge in [0.2, 0.25) is 0 Å². The van der Waals surface area contributed by atoms with Gasteiger partial charge in [0, 0.05) is 24.4 Å². The van der Waals surface area contributed by atoms with Crippen molar-refractivity contribution in [3.05, 3.63) is 28.8 Å². The normalized spacial score (nSPS) is 27.3. The first kappa shape index (κ1) is 14.6. The summed E-state index contributed by atoms with van der Waals surface area (Å²) >= 11 is 6.18. The zero-order chi connectivity index (χ0) is 13.9. The highest BCUT2D eigenvalue weighted by molar-refractivity contribution is 6.31. The van der Waals surface area contributed by atoms with Gasteiger partial charge in [-0.15, -0.1) is 0 Å². The van der Waals surface area contributed by atoms with Crippen LogP contribution in [-0.4, -0.2) is 25.3 Å². The molecule has 1 aromatic rings. The maximum absolute atomic E-state index is 6.18. The van der Waals surface area contributed by atoms with Crippen LogP contribution in [0.3, 0.4) is 0 Å². The summed E-state index contributed by atoms with van der Waals surface area (Å²) in [6, 6.07) is 6.07. The summed E-state index contributed by atoms with van der Waals surface area (Å²) in [4.78, 5) is 0. The fourth-order valence-electron chi connectivity index (χ4n) is 2.84. The molecule has 0 amide bonds. The highest BCUT2D eigenvalue weighted by Gasteiger charge is 2.35. The number of nitrogens with one attached hydrogen (secondary N) is 1. The van der Waals surface area contributed by atoms with Gasteiger partial charge in [0.1, 0.15) is 0 Å². The number of hydrogen-bond donors (Lipinski definition) is 2. The van der Waals surface area contributed by atoms with Gasteiger partial charge in [-0.1, -0.05) is 17.7 Å². The molecule has 0 heterocycles. The Bertz CT molecular complexity index is 438. The number of hydrogen-bond acceptors (Lipinski definition) is 3. The standard InChI is InChI=1S/C15H23ClN2O/c1-11-5-6-12(8-14(11)16)18-15(10-17)7-3-4-13(9-15)19-2/h5-6,8,13,18H,3-4,7,9-10,17H2,1-2H3. The van der Waals surface area contributed by atoms with Crippen LogP contribution in [0.1, 0.15) is 31.2 Å². The zero-order valence-electron chi connectivity index (χ0n) is 11.7. The number of ether oxygens (including phenoxy) is 1. The van der Waals surface area contributed by atoms with E-state index in [1.165, 1.54) is 0 Å². The number of methoxy groups -OCH3 is 1. The monoisotopic (exact) mass is 282 g/mol. The van der Waals surface area contributed by atoms with E-state index in [-0.39, 0.29) is 5.54 Å². The number of anilines is 1. The Hall–Kier alpha value is -0.770. The number of aryl methyl sites for hydroxylation is 1. The molecule has 3 N–H and O–H groups in total. The molecule has 0 spiro atoms. The number of halogens is 1. The lowest BCUT2D eigenvalue weighted by molar-refractivity contribution is 0.0483. The lowest BCUT2D eigenvalue weighted by atomic mass is 9.80. The Morgan fingerprint density at radius 2 is 2.32 bits per heavy atom. The van der Waals surface area contributed by atoms with E-state index in [1.807, 2.05) is 19.1 Å². The second-order valence-corrected chi connectivity index (χ2v) is 5.93. The number of benzene rings is 1. The molecular formula is C15H23ClN2O. The van der Waals surface area contributed by atoms with E-state index in [4.69, 9.17) is 22.1 Å². The fraction of sp³-hybridized carbons (Fsp3) is 0.600. The number of rotatable bonds is 4. The van der Waals surface area contributed by atoms with E-state index in [2.05, 4.69) is 11.4 Å². The molecule has 0 saturated heterocycles. The zero-order valence-corrected chi connectivity index (χ0v) is 12.5. The molecule has 0 radical (unpaired) electrons. The molecule has 2 rings (SSSR count). The first-order chi connectivity index (χ1) is 9.08. The molecule has 3 nitrogen and oxygen atoms in total. The smallest absolute Gasteiger partial charge is 0.0594 e. The van der Waals surface area contributed by atoms with Gasteiger partial charge in [0.15, 0.2) is 0 Å². The molecule has 19 heavy (non-hydrogen) atoms. The molecule has 2 atom stereocenters. The molecule has 1 fully saturated rings. The van der Waals surface area contributed by atoms with Gasteiger partial charge in [-0.2, -0.15) is 0 Å². The molecule has 106 valence electrons. The maximum atomic E-state index is 6.18. The molecule has 0 bridgehead atoms. The van der Waals surface area contributed by atoms with Crippen LogP contribution in [0.5, 0.6) is 0 Å². The van der Waals surface area contributed by atoms with Crippen molar-refractivity contribution in [3.63, 3.8) is 0 Å². The third kappa shape index (κ3) is 3.41. The van der Waals surface area contributed by atoms with Crippen LogP contribution in [0.2, 0.25) is 5.02 Å². The minimum absolute atomic E-state index is 0.0719. The van der Waals surface area contributed by atoms with E-state index >= 15 is 0 Å². The van der Waals surface area contributed by atoms with Gasteiger partial charge in [-0.3, -0.25) is 0 Å². The summed E-state index contributed by atoms with van der Waals surface area (Å²) in [5.41, 5.74) is 8.08. The number of nitrogens with two attached hydrogens (primary N) is 1. The average Bonchev–Trinajstić information content (AvgIpc) is 2.43. The largest absolute Gasteiger partial charge is 0.381 e. The summed E-state index contributed by atoms with van der Waals surface area (Å²) in [5, 5.41) is 4.38. The third-order valence-corrected chi connectivity index (χ3v) is 4.51. The molecule has 0 aromatic heterocycles. The van der Waals surface area contributed by atoms with Gasteiger partial charge < -0.3 is 15.8 Å². The van der Waals surface area contributed by atoms with Gasteiger partial charge in [0.25, 0.3) is 0 Å². The highest BCUT2D eigenvalue weighted by atomic mass is 35.5. The lowest BCUT2D eigenvalue weighted by Gasteiger charge is -2.41. The van der Waals surface area contributed by atoms with Crippen LogP contribution in [0, 0.1) is 6.92 Å². The summed E-state index contributed by atoms with van der Waals surface area (Å²) in [5.74, 6) is 0. The minimum Gasteiger partial charge on any atom is -0.381 e. The predicted octanol–water partition coefficient (Wildman–Crippen LogP) is 3.35. The van der Waals surface area contributed by atoms with E-state index in [1.54, 1.807) is 7.11 Å². The highest BCUT2D eigenvalue weighted by Crippen LogP contribution is 2.33. The molecule has 4 heteroatoms. The van der Waals surface area contributed by atoms with E-state index in [9.17, 15) is 0 Å². The molecule has 1 aromatic carbocycles. The molecule has 1 aliphatic rings. The van der Waals surface area contributed by atoms with E-state index < -0.39 is 0 Å². The Balaban J connectivity index is 2.15. The van der Waals surface area contributed by atoms with E-state index in [0.29, 0.717) is 12.6 Å². The minimum atomic E-state index is -0.0719. The van der Waals surface area contributed by atoms with Crippen molar-refractivity contribution >= 4 is 17.3 Å². The topological polar surface area (TPSA) is 47.3 Å². The first-order valence-electron chi connectivity index (χ1n) is 6.86. The maximum Gasteiger partial charge on any atom is 0.0594 e. The second kappa shape index (κ2) is 6.12. The van der Waals surface area contributed by atoms with Crippen molar-refractivity contribution in [2.24, 2.45) is 5.73 Å². The van der Waals surface area contributed by atoms with Crippen LogP contribution < -0.4 is 11.1 Å². The SMILES string of the molecule is COC1CCCC(CN)(Nc2ccc(C)c(Cl)c2)C1. The van der Waals surface area contributed by atoms with Crippen LogP contribution in [0.4, 0.5) is 5.69 Å². The predicted molar refractivity (Wildman–Crippen MR) is 80.9 cm³/mol. The molecule has 0 aliphatic heterocycles. The van der Waals surface area contributed by atoms with Gasteiger partial charge >= 0.3 is 0 Å². The summed E-state index contributed by atoms with van der Waals surface area (Å²) in [6.45, 7) is 2.62. The summed E-state index contributed by atoms with van der Waals surface area (Å²) < 4.78 is 5.51. The van der Waals surface area contributed by atoms with Crippen molar-refractivity contribution in [2.75, 3.05) is 19.0 Å². The quantitative estimate of drug-likeness (QED) is 0.890. The Labute approximate surface area is 120 Å². The van der Waals surface area contributed by atoms with E-state index in [0.717, 1.165) is 42.0 Å². The van der Waals surface area contributed by atoms with Crippen LogP contribution in [-0.2, 0) is 4.74 Å². The Morgan fingerprint density at radius 3 is 2.95 bits per heavy atom. The summed E-state index contributed by atoms with van der Waals surface area (Å²) in [7, 11) is 1.78. The molecule has 2 unspecified atom stereocenters. The Morgan fingerprint density at radius 1 is 1.53 bits per heavy atom. The van der Waals surface area contributed by atoms with Crippen LogP contribution >= 0.6 is 11.6 Å². The fourth-order valence-corrected chi connectivity index (χ4v) is 3.02. The lowest BCUT2D eigenvalue weighted by Crippen LogP contribution is -2.50. The van der Waals surface area contributed by atoms with Crippen LogP contribution in [0.25, 0.3) is 0 Å². The van der Waals surface area contributed by atoms with Crippen molar-refractivity contribution in [3.8, 4) is 0 Å². The third-order valence-electron chi connectivity index (χ3n) is 4.11. The Kier molecular flexibility index (Phi) is 4.71. The molecular weight excluding hydrogens is 260 g/mol. The first-order valence-corrected chi connectivity index (χ1v) is 7.23. The second-order valence-electron chi connectivity index (χ2n) is 5.53. The van der Waals surface area contributed by atoms with Gasteiger partial charge in [0.05, 0.1) is 11.6 Å². The van der Waals surface area contributed by atoms with Crippen molar-refractivity contribution in [1.29, 1.82) is 0 Å². The van der Waals surface area contributed by atoms with Crippen LogP contribution in [0.15, 0.2) is 18.2 Å². The average molecular weight is 283 g/mol. The van der Waals surface area contributed by atoms with Gasteiger partial charge in [-0.25, -0.2) is 0 Å². The molecule has 1 aliphatic carbocycles. The molecule has 1 saturated carbocycles. The van der Waals surface area contributed by atoms with Crippen molar-refractivity contribution in [1.82, 2.24) is 0 Å².